The van der Waals surface area contributed by atoms with Crippen LogP contribution in [0, 0.1) is 10.1 Å². The number of rotatable bonds is 6. The van der Waals surface area contributed by atoms with Gasteiger partial charge in [0.25, 0.3) is 5.69 Å². The summed E-state index contributed by atoms with van der Waals surface area (Å²) in [6.07, 6.45) is 0. The molecular formula is C14H14N2O5S. The molecule has 0 saturated carbocycles. The summed E-state index contributed by atoms with van der Waals surface area (Å²) >= 11 is 0. The van der Waals surface area contributed by atoms with Crippen molar-refractivity contribution in [2.24, 2.45) is 0 Å². The minimum absolute atomic E-state index is 0.144. The average Bonchev–Trinajstić information content (AvgIpc) is 2.46. The molecule has 0 unspecified atom stereocenters. The molecule has 0 fully saturated rings. The van der Waals surface area contributed by atoms with Crippen LogP contribution >= 0.6 is 0 Å². The summed E-state index contributed by atoms with van der Waals surface area (Å²) in [5.74, 6) is 0.168. The molecule has 8 heteroatoms. The highest BCUT2D eigenvalue weighted by atomic mass is 32.2. The molecule has 1 N–H and O–H groups in total. The van der Waals surface area contributed by atoms with Crippen LogP contribution in [0.2, 0.25) is 0 Å². The molecule has 0 heterocycles. The minimum atomic E-state index is -3.68. The Morgan fingerprint density at radius 2 is 1.91 bits per heavy atom. The van der Waals surface area contributed by atoms with E-state index in [4.69, 9.17) is 4.74 Å². The van der Waals surface area contributed by atoms with Crippen molar-refractivity contribution in [2.45, 2.75) is 5.75 Å². The lowest BCUT2D eigenvalue weighted by atomic mass is 10.2. The van der Waals surface area contributed by atoms with Gasteiger partial charge in [0, 0.05) is 18.2 Å². The molecule has 0 aromatic heterocycles. The summed E-state index contributed by atoms with van der Waals surface area (Å²) in [5.41, 5.74) is 0.559. The maximum absolute atomic E-state index is 12.1. The van der Waals surface area contributed by atoms with Gasteiger partial charge in [-0.2, -0.15) is 0 Å². The van der Waals surface area contributed by atoms with Crippen LogP contribution in [-0.4, -0.2) is 20.5 Å². The number of nitrogens with zero attached hydrogens (tertiary/aromatic N) is 1. The van der Waals surface area contributed by atoms with E-state index in [9.17, 15) is 18.5 Å². The van der Waals surface area contributed by atoms with Crippen LogP contribution in [-0.2, 0) is 15.8 Å². The number of ether oxygens (including phenoxy) is 1. The molecule has 2 aromatic carbocycles. The highest BCUT2D eigenvalue weighted by Crippen LogP contribution is 2.20. The van der Waals surface area contributed by atoms with E-state index in [1.54, 1.807) is 24.3 Å². The largest absolute Gasteiger partial charge is 0.497 e. The van der Waals surface area contributed by atoms with Crippen LogP contribution in [0.15, 0.2) is 48.5 Å². The predicted octanol–water partition coefficient (Wildman–Crippen LogP) is 2.55. The number of nitrogens with one attached hydrogen (secondary N) is 1. The van der Waals surface area contributed by atoms with Crippen LogP contribution in [0.25, 0.3) is 0 Å². The lowest BCUT2D eigenvalue weighted by Gasteiger charge is -2.09. The SMILES string of the molecule is COc1cccc(NS(=O)(=O)Cc2cccc([N+](=O)[O-])c2)c1. The van der Waals surface area contributed by atoms with Gasteiger partial charge in [0.05, 0.1) is 23.5 Å². The van der Waals surface area contributed by atoms with Gasteiger partial charge in [-0.1, -0.05) is 18.2 Å². The topological polar surface area (TPSA) is 98.5 Å². The highest BCUT2D eigenvalue weighted by Gasteiger charge is 2.14. The molecule has 2 rings (SSSR count). The number of anilines is 1. The second kappa shape index (κ2) is 6.44. The van der Waals surface area contributed by atoms with E-state index >= 15 is 0 Å². The van der Waals surface area contributed by atoms with Crippen LogP contribution in [0.4, 0.5) is 11.4 Å². The third-order valence-electron chi connectivity index (χ3n) is 2.82. The Morgan fingerprint density at radius 1 is 1.18 bits per heavy atom. The Bertz CT molecular complexity index is 789. The molecule has 0 atom stereocenters. The molecule has 0 aliphatic rings. The first-order chi connectivity index (χ1) is 10.4. The lowest BCUT2D eigenvalue weighted by Crippen LogP contribution is -2.15. The van der Waals surface area contributed by atoms with Crippen molar-refractivity contribution in [3.63, 3.8) is 0 Å². The van der Waals surface area contributed by atoms with Crippen LogP contribution in [0.1, 0.15) is 5.56 Å². The summed E-state index contributed by atoms with van der Waals surface area (Å²) in [7, 11) is -2.20. The smallest absolute Gasteiger partial charge is 0.269 e. The normalized spacial score (nSPS) is 11.0. The first kappa shape index (κ1) is 15.8. The molecule has 0 radical (unpaired) electrons. The number of methoxy groups -OCH3 is 1. The van der Waals surface area contributed by atoms with E-state index < -0.39 is 14.9 Å². The van der Waals surface area contributed by atoms with Gasteiger partial charge in [-0.05, 0) is 17.7 Å². The summed E-state index contributed by atoms with van der Waals surface area (Å²) in [5, 5.41) is 10.7. The monoisotopic (exact) mass is 322 g/mol. The third kappa shape index (κ3) is 4.19. The van der Waals surface area contributed by atoms with Crippen LogP contribution in [0.3, 0.4) is 0 Å². The molecule has 7 nitrogen and oxygen atoms in total. The Balaban J connectivity index is 2.17. The molecule has 116 valence electrons. The van der Waals surface area contributed by atoms with Gasteiger partial charge in [0.2, 0.25) is 10.0 Å². The van der Waals surface area contributed by atoms with Crippen molar-refractivity contribution in [2.75, 3.05) is 11.8 Å². The molecule has 2 aromatic rings. The van der Waals surface area contributed by atoms with Gasteiger partial charge in [-0.15, -0.1) is 0 Å². The zero-order chi connectivity index (χ0) is 16.2. The zero-order valence-electron chi connectivity index (χ0n) is 11.7. The lowest BCUT2D eigenvalue weighted by molar-refractivity contribution is -0.384. The van der Waals surface area contributed by atoms with E-state index in [1.165, 1.54) is 31.4 Å². The quantitative estimate of drug-likeness (QED) is 0.651. The molecule has 0 saturated heterocycles. The van der Waals surface area contributed by atoms with Crippen molar-refractivity contribution >= 4 is 21.4 Å². The molecular weight excluding hydrogens is 308 g/mol. The first-order valence-corrected chi connectivity index (χ1v) is 7.93. The summed E-state index contributed by atoms with van der Waals surface area (Å²) in [6, 6.07) is 12.0. The van der Waals surface area contributed by atoms with E-state index in [2.05, 4.69) is 4.72 Å². The molecule has 0 amide bonds. The van der Waals surface area contributed by atoms with Crippen LogP contribution in [0.5, 0.6) is 5.75 Å². The summed E-state index contributed by atoms with van der Waals surface area (Å²) < 4.78 is 31.7. The fraction of sp³-hybridized carbons (Fsp3) is 0.143. The number of sulfonamides is 1. The summed E-state index contributed by atoms with van der Waals surface area (Å²) in [4.78, 5) is 10.1. The molecule has 0 aliphatic carbocycles. The number of nitro groups is 1. The van der Waals surface area contributed by atoms with Gasteiger partial charge in [-0.25, -0.2) is 8.42 Å². The Labute approximate surface area is 127 Å². The Hall–Kier alpha value is -2.61. The minimum Gasteiger partial charge on any atom is -0.497 e. The number of benzene rings is 2. The fourth-order valence-corrected chi connectivity index (χ4v) is 3.06. The molecule has 0 bridgehead atoms. The van der Waals surface area contributed by atoms with E-state index in [1.807, 2.05) is 0 Å². The zero-order valence-corrected chi connectivity index (χ0v) is 12.5. The van der Waals surface area contributed by atoms with Crippen molar-refractivity contribution in [1.82, 2.24) is 0 Å². The third-order valence-corrected chi connectivity index (χ3v) is 4.08. The van der Waals surface area contributed by atoms with Gasteiger partial charge in [0.1, 0.15) is 5.75 Å². The summed E-state index contributed by atoms with van der Waals surface area (Å²) in [6.45, 7) is 0. The maximum Gasteiger partial charge on any atom is 0.269 e. The van der Waals surface area contributed by atoms with Crippen molar-refractivity contribution in [3.8, 4) is 5.75 Å². The van der Waals surface area contributed by atoms with Gasteiger partial charge in [0.15, 0.2) is 0 Å². The molecule has 0 spiro atoms. The van der Waals surface area contributed by atoms with Crippen LogP contribution < -0.4 is 9.46 Å². The van der Waals surface area contributed by atoms with E-state index in [0.717, 1.165) is 0 Å². The van der Waals surface area contributed by atoms with Gasteiger partial charge in [-0.3, -0.25) is 14.8 Å². The Morgan fingerprint density at radius 3 is 2.59 bits per heavy atom. The van der Waals surface area contributed by atoms with E-state index in [-0.39, 0.29) is 11.4 Å². The standard InChI is InChI=1S/C14H14N2O5S/c1-21-14-7-3-5-12(9-14)15-22(19,20)10-11-4-2-6-13(8-11)16(17)18/h2-9,15H,10H2,1H3. The number of nitro benzene ring substituents is 1. The second-order valence-electron chi connectivity index (χ2n) is 4.52. The maximum atomic E-state index is 12.1. The predicted molar refractivity (Wildman–Crippen MR) is 82.3 cm³/mol. The first-order valence-electron chi connectivity index (χ1n) is 6.27. The number of hydrogen-bond donors (Lipinski definition) is 1. The van der Waals surface area contributed by atoms with Crippen molar-refractivity contribution in [3.05, 3.63) is 64.2 Å². The molecule has 0 aliphatic heterocycles. The Kier molecular flexibility index (Phi) is 4.62. The van der Waals surface area contributed by atoms with Gasteiger partial charge >= 0.3 is 0 Å². The average molecular weight is 322 g/mol. The van der Waals surface area contributed by atoms with Gasteiger partial charge < -0.3 is 4.74 Å². The number of non-ortho nitro benzene ring substituents is 1. The fourth-order valence-electron chi connectivity index (χ4n) is 1.88. The van der Waals surface area contributed by atoms with E-state index in [0.29, 0.717) is 17.0 Å². The highest BCUT2D eigenvalue weighted by molar-refractivity contribution is 7.91. The number of hydrogen-bond acceptors (Lipinski definition) is 5. The van der Waals surface area contributed by atoms with Crippen molar-refractivity contribution < 1.29 is 18.1 Å². The molecule has 22 heavy (non-hydrogen) atoms. The van der Waals surface area contributed by atoms with Crippen molar-refractivity contribution in [1.29, 1.82) is 0 Å². The second-order valence-corrected chi connectivity index (χ2v) is 6.24.